The molecule has 4 aromatic rings. The van der Waals surface area contributed by atoms with E-state index < -0.39 is 0 Å². The maximum absolute atomic E-state index is 12.2. The first-order valence-corrected chi connectivity index (χ1v) is 10.9. The van der Waals surface area contributed by atoms with Crippen LogP contribution in [0.4, 0.5) is 17.2 Å². The van der Waals surface area contributed by atoms with Crippen molar-refractivity contribution in [3.63, 3.8) is 0 Å². The second-order valence-electron chi connectivity index (χ2n) is 6.77. The van der Waals surface area contributed by atoms with Crippen LogP contribution in [-0.2, 0) is 0 Å². The van der Waals surface area contributed by atoms with Crippen LogP contribution >= 0.6 is 27.3 Å². The Labute approximate surface area is 186 Å². The Morgan fingerprint density at radius 1 is 1.03 bits per heavy atom. The second-order valence-corrected chi connectivity index (χ2v) is 8.60. The van der Waals surface area contributed by atoms with Crippen molar-refractivity contribution in [2.75, 3.05) is 10.6 Å². The van der Waals surface area contributed by atoms with Crippen LogP contribution < -0.4 is 10.6 Å². The molecular formula is C21H19BrN6OS. The molecule has 0 aliphatic rings. The summed E-state index contributed by atoms with van der Waals surface area (Å²) in [4.78, 5) is 12.9. The van der Waals surface area contributed by atoms with Gasteiger partial charge in [0.25, 0.3) is 5.91 Å². The van der Waals surface area contributed by atoms with Crippen molar-refractivity contribution < 1.29 is 4.79 Å². The Bertz CT molecular complexity index is 1200. The van der Waals surface area contributed by atoms with E-state index in [9.17, 15) is 4.79 Å². The zero-order chi connectivity index (χ0) is 21.3. The Hall–Kier alpha value is -3.04. The summed E-state index contributed by atoms with van der Waals surface area (Å²) in [6.07, 6.45) is 0. The summed E-state index contributed by atoms with van der Waals surface area (Å²) in [5, 5.41) is 21.0. The van der Waals surface area contributed by atoms with Crippen LogP contribution in [0.15, 0.2) is 52.3 Å². The molecule has 0 saturated carbocycles. The number of halogens is 1. The maximum Gasteiger partial charge on any atom is 0.265 e. The number of hydrogen-bond acceptors (Lipinski definition) is 6. The van der Waals surface area contributed by atoms with E-state index >= 15 is 0 Å². The number of benzene rings is 1. The highest BCUT2D eigenvalue weighted by atomic mass is 79.9. The summed E-state index contributed by atoms with van der Waals surface area (Å²) >= 11 is 4.75. The van der Waals surface area contributed by atoms with E-state index in [2.05, 4.69) is 41.9 Å². The second kappa shape index (κ2) is 8.37. The van der Waals surface area contributed by atoms with Gasteiger partial charge in [0.2, 0.25) is 0 Å². The average Bonchev–Trinajstić information content (AvgIpc) is 3.29. The van der Waals surface area contributed by atoms with E-state index in [0.717, 1.165) is 32.8 Å². The lowest BCUT2D eigenvalue weighted by Gasteiger charge is -2.08. The molecule has 0 spiro atoms. The van der Waals surface area contributed by atoms with Crippen molar-refractivity contribution in [1.29, 1.82) is 0 Å². The first-order valence-electron chi connectivity index (χ1n) is 9.20. The summed E-state index contributed by atoms with van der Waals surface area (Å²) in [6, 6.07) is 13.0. The van der Waals surface area contributed by atoms with Crippen molar-refractivity contribution >= 4 is 50.4 Å². The Morgan fingerprint density at radius 3 is 2.33 bits per heavy atom. The number of carbonyl (C=O) groups excluding carboxylic acids is 1. The molecule has 0 radical (unpaired) electrons. The number of carbonyl (C=O) groups is 1. The van der Waals surface area contributed by atoms with Gasteiger partial charge in [-0.05, 0) is 84.7 Å². The molecular weight excluding hydrogens is 464 g/mol. The Balaban J connectivity index is 1.42. The fourth-order valence-electron chi connectivity index (χ4n) is 2.86. The smallest absolute Gasteiger partial charge is 0.265 e. The van der Waals surface area contributed by atoms with E-state index in [1.165, 1.54) is 11.3 Å². The number of rotatable bonds is 5. The summed E-state index contributed by atoms with van der Waals surface area (Å²) in [7, 11) is 0. The Morgan fingerprint density at radius 2 is 1.77 bits per heavy atom. The fraction of sp³-hybridized carbons (Fsp3) is 0.143. The van der Waals surface area contributed by atoms with Gasteiger partial charge in [0.05, 0.1) is 10.6 Å². The molecule has 7 nitrogen and oxygen atoms in total. The van der Waals surface area contributed by atoms with Crippen LogP contribution in [0.3, 0.4) is 0 Å². The summed E-state index contributed by atoms with van der Waals surface area (Å²) in [5.74, 6) is 1.16. The number of nitrogens with one attached hydrogen (secondary N) is 2. The average molecular weight is 483 g/mol. The van der Waals surface area contributed by atoms with Gasteiger partial charge >= 0.3 is 0 Å². The van der Waals surface area contributed by atoms with Gasteiger partial charge in [-0.15, -0.1) is 21.5 Å². The van der Waals surface area contributed by atoms with Crippen LogP contribution in [0.25, 0.3) is 5.82 Å². The van der Waals surface area contributed by atoms with E-state index in [1.807, 2.05) is 62.5 Å². The summed E-state index contributed by atoms with van der Waals surface area (Å²) in [5.41, 5.74) is 4.75. The van der Waals surface area contributed by atoms with Crippen molar-refractivity contribution in [3.8, 4) is 5.82 Å². The van der Waals surface area contributed by atoms with Crippen LogP contribution in [0.5, 0.6) is 0 Å². The maximum atomic E-state index is 12.2. The standard InChI is InChI=1S/C21H19BrN6OS/c1-12-13(2)27-28(14(12)3)20-9-8-19(25-26-20)23-16-4-6-17(7-5-16)24-21(29)18-10-15(22)11-30-18/h4-11H,1-3H3,(H,23,25)(H,24,29). The molecule has 0 bridgehead atoms. The normalized spacial score (nSPS) is 10.8. The molecule has 4 rings (SSSR count). The fourth-order valence-corrected chi connectivity index (χ4v) is 4.18. The SMILES string of the molecule is Cc1nn(-c2ccc(Nc3ccc(NC(=O)c4cc(Br)cs4)cc3)nn2)c(C)c1C. The van der Waals surface area contributed by atoms with Gasteiger partial charge in [0.15, 0.2) is 11.6 Å². The van der Waals surface area contributed by atoms with Gasteiger partial charge < -0.3 is 10.6 Å². The lowest BCUT2D eigenvalue weighted by molar-refractivity contribution is 0.103. The zero-order valence-corrected chi connectivity index (χ0v) is 19.0. The molecule has 9 heteroatoms. The first kappa shape index (κ1) is 20.2. The molecule has 0 atom stereocenters. The molecule has 0 fully saturated rings. The number of hydrogen-bond donors (Lipinski definition) is 2. The highest BCUT2D eigenvalue weighted by Gasteiger charge is 2.11. The number of nitrogens with zero attached hydrogens (tertiary/aromatic N) is 4. The highest BCUT2D eigenvalue weighted by molar-refractivity contribution is 9.10. The molecule has 0 unspecified atom stereocenters. The lowest BCUT2D eigenvalue weighted by atomic mass is 10.2. The topological polar surface area (TPSA) is 84.7 Å². The van der Waals surface area contributed by atoms with E-state index in [0.29, 0.717) is 16.5 Å². The van der Waals surface area contributed by atoms with E-state index in [-0.39, 0.29) is 5.91 Å². The van der Waals surface area contributed by atoms with Crippen molar-refractivity contribution in [1.82, 2.24) is 20.0 Å². The van der Waals surface area contributed by atoms with Crippen LogP contribution in [-0.4, -0.2) is 25.9 Å². The molecule has 2 N–H and O–H groups in total. The third-order valence-electron chi connectivity index (χ3n) is 4.73. The van der Waals surface area contributed by atoms with Gasteiger partial charge in [-0.25, -0.2) is 4.68 Å². The van der Waals surface area contributed by atoms with Crippen molar-refractivity contribution in [2.24, 2.45) is 0 Å². The minimum Gasteiger partial charge on any atom is -0.339 e. The monoisotopic (exact) mass is 482 g/mol. The van der Waals surface area contributed by atoms with Gasteiger partial charge in [0, 0.05) is 26.9 Å². The first-order chi connectivity index (χ1) is 14.4. The van der Waals surface area contributed by atoms with Crippen LogP contribution in [0.2, 0.25) is 0 Å². The third-order valence-corrected chi connectivity index (χ3v) is 6.42. The minimum absolute atomic E-state index is 0.132. The molecule has 0 saturated heterocycles. The van der Waals surface area contributed by atoms with Crippen molar-refractivity contribution in [3.05, 3.63) is 74.1 Å². The number of aryl methyl sites for hydroxylation is 1. The molecule has 30 heavy (non-hydrogen) atoms. The number of thiophene rings is 1. The summed E-state index contributed by atoms with van der Waals surface area (Å²) < 4.78 is 2.70. The lowest BCUT2D eigenvalue weighted by Crippen LogP contribution is -2.10. The van der Waals surface area contributed by atoms with Crippen LogP contribution in [0, 0.1) is 20.8 Å². The van der Waals surface area contributed by atoms with Crippen LogP contribution in [0.1, 0.15) is 26.6 Å². The molecule has 0 aliphatic carbocycles. The molecule has 152 valence electrons. The predicted molar refractivity (Wildman–Crippen MR) is 123 cm³/mol. The van der Waals surface area contributed by atoms with Gasteiger partial charge in [-0.2, -0.15) is 5.10 Å². The number of amides is 1. The van der Waals surface area contributed by atoms with Gasteiger partial charge in [0.1, 0.15) is 0 Å². The molecule has 3 aromatic heterocycles. The van der Waals surface area contributed by atoms with Crippen molar-refractivity contribution in [2.45, 2.75) is 20.8 Å². The summed E-state index contributed by atoms with van der Waals surface area (Å²) in [6.45, 7) is 6.04. The molecule has 0 aliphatic heterocycles. The highest BCUT2D eigenvalue weighted by Crippen LogP contribution is 2.22. The van der Waals surface area contributed by atoms with E-state index in [1.54, 1.807) is 10.7 Å². The number of anilines is 3. The van der Waals surface area contributed by atoms with Gasteiger partial charge in [-0.1, -0.05) is 0 Å². The zero-order valence-electron chi connectivity index (χ0n) is 16.6. The molecule has 1 amide bonds. The minimum atomic E-state index is -0.132. The quantitative estimate of drug-likeness (QED) is 0.397. The van der Waals surface area contributed by atoms with Gasteiger partial charge in [-0.3, -0.25) is 4.79 Å². The Kier molecular flexibility index (Phi) is 5.65. The molecule has 3 heterocycles. The third kappa shape index (κ3) is 4.27. The molecule has 1 aromatic carbocycles. The largest absolute Gasteiger partial charge is 0.339 e. The number of aromatic nitrogens is 4. The predicted octanol–water partition coefficient (Wildman–Crippen LogP) is 5.41. The van der Waals surface area contributed by atoms with E-state index in [4.69, 9.17) is 0 Å².